The van der Waals surface area contributed by atoms with E-state index >= 15 is 0 Å². The molecule has 118 valence electrons. The molecule has 2 aromatic rings. The number of nitrogens with zero attached hydrogens (tertiary/aromatic N) is 2. The van der Waals surface area contributed by atoms with Gasteiger partial charge < -0.3 is 14.8 Å². The van der Waals surface area contributed by atoms with Crippen molar-refractivity contribution in [2.24, 2.45) is 0 Å². The van der Waals surface area contributed by atoms with E-state index in [1.807, 2.05) is 37.3 Å². The predicted molar refractivity (Wildman–Crippen MR) is 84.7 cm³/mol. The molecule has 0 atom stereocenters. The van der Waals surface area contributed by atoms with Crippen molar-refractivity contribution < 1.29 is 14.3 Å². The Labute approximate surface area is 134 Å². The van der Waals surface area contributed by atoms with Crippen LogP contribution in [0, 0.1) is 11.8 Å². The van der Waals surface area contributed by atoms with E-state index < -0.39 is 6.09 Å². The van der Waals surface area contributed by atoms with E-state index in [-0.39, 0.29) is 13.2 Å². The standard InChI is InChI=1S/C17H17N3O3/c1-2-22-16-19-11-15(12-20-16)9-6-10-18-17(21)23-13-14-7-4-3-5-8-14/h3-5,7-8,11-12H,2,10,13H2,1H3,(H,18,21). The third-order valence-corrected chi connectivity index (χ3v) is 2.67. The van der Waals surface area contributed by atoms with E-state index in [0.29, 0.717) is 18.2 Å². The maximum atomic E-state index is 11.5. The minimum absolute atomic E-state index is 0.181. The number of benzene rings is 1. The SMILES string of the molecule is CCOc1ncc(C#CCNC(=O)OCc2ccccc2)cn1. The number of ether oxygens (including phenoxy) is 2. The first-order valence-corrected chi connectivity index (χ1v) is 7.16. The topological polar surface area (TPSA) is 73.3 Å². The maximum absolute atomic E-state index is 11.5. The average molecular weight is 311 g/mol. The first-order chi connectivity index (χ1) is 11.3. The Morgan fingerprint density at radius 2 is 1.96 bits per heavy atom. The van der Waals surface area contributed by atoms with Crippen LogP contribution in [0.15, 0.2) is 42.7 Å². The smallest absolute Gasteiger partial charge is 0.408 e. The summed E-state index contributed by atoms with van der Waals surface area (Å²) >= 11 is 0. The van der Waals surface area contributed by atoms with Crippen molar-refractivity contribution in [3.8, 4) is 17.9 Å². The quantitative estimate of drug-likeness (QED) is 0.857. The molecule has 0 bridgehead atoms. The number of carbonyl (C=O) groups is 1. The van der Waals surface area contributed by atoms with Crippen molar-refractivity contribution in [2.75, 3.05) is 13.2 Å². The van der Waals surface area contributed by atoms with Gasteiger partial charge in [-0.1, -0.05) is 42.2 Å². The van der Waals surface area contributed by atoms with Crippen molar-refractivity contribution >= 4 is 6.09 Å². The van der Waals surface area contributed by atoms with E-state index in [4.69, 9.17) is 9.47 Å². The van der Waals surface area contributed by atoms with Crippen LogP contribution in [0.4, 0.5) is 4.79 Å². The first kappa shape index (κ1) is 16.3. The fourth-order valence-electron chi connectivity index (χ4n) is 1.62. The maximum Gasteiger partial charge on any atom is 0.408 e. The summed E-state index contributed by atoms with van der Waals surface area (Å²) in [5, 5.41) is 2.55. The van der Waals surface area contributed by atoms with Gasteiger partial charge in [-0.15, -0.1) is 0 Å². The number of rotatable bonds is 5. The second-order valence-electron chi connectivity index (χ2n) is 4.40. The molecule has 0 fully saturated rings. The highest BCUT2D eigenvalue weighted by molar-refractivity contribution is 5.67. The zero-order chi connectivity index (χ0) is 16.3. The number of carbonyl (C=O) groups excluding carboxylic acids is 1. The van der Waals surface area contributed by atoms with Crippen molar-refractivity contribution in [1.29, 1.82) is 0 Å². The summed E-state index contributed by atoms with van der Waals surface area (Å²) in [6, 6.07) is 9.78. The summed E-state index contributed by atoms with van der Waals surface area (Å²) in [5.41, 5.74) is 1.58. The summed E-state index contributed by atoms with van der Waals surface area (Å²) in [6.45, 7) is 2.79. The fraction of sp³-hybridized carbons (Fsp3) is 0.235. The molecular formula is C17H17N3O3. The highest BCUT2D eigenvalue weighted by atomic mass is 16.5. The second-order valence-corrected chi connectivity index (χ2v) is 4.40. The molecule has 0 radical (unpaired) electrons. The molecule has 2 rings (SSSR count). The van der Waals surface area contributed by atoms with Crippen LogP contribution in [0.25, 0.3) is 0 Å². The average Bonchev–Trinajstić information content (AvgIpc) is 2.59. The molecule has 1 amide bonds. The number of hydrogen-bond acceptors (Lipinski definition) is 5. The summed E-state index contributed by atoms with van der Waals surface area (Å²) in [5.74, 6) is 5.64. The molecule has 1 aromatic heterocycles. The molecule has 0 spiro atoms. The molecule has 1 heterocycles. The Balaban J connectivity index is 1.71. The van der Waals surface area contributed by atoms with Crippen LogP contribution in [-0.2, 0) is 11.3 Å². The normalized spacial score (nSPS) is 9.43. The van der Waals surface area contributed by atoms with E-state index in [0.717, 1.165) is 5.56 Å². The van der Waals surface area contributed by atoms with Crippen LogP contribution in [0.3, 0.4) is 0 Å². The molecule has 0 unspecified atom stereocenters. The number of hydrogen-bond donors (Lipinski definition) is 1. The van der Waals surface area contributed by atoms with Gasteiger partial charge in [0.25, 0.3) is 0 Å². The van der Waals surface area contributed by atoms with Crippen molar-refractivity contribution in [3.05, 3.63) is 53.9 Å². The molecule has 0 aliphatic heterocycles. The third kappa shape index (κ3) is 6.06. The monoisotopic (exact) mass is 311 g/mol. The molecule has 0 saturated heterocycles. The lowest BCUT2D eigenvalue weighted by Crippen LogP contribution is -2.24. The summed E-state index contributed by atoms with van der Waals surface area (Å²) in [7, 11) is 0. The minimum atomic E-state index is -0.508. The van der Waals surface area contributed by atoms with Crippen LogP contribution < -0.4 is 10.1 Å². The lowest BCUT2D eigenvalue weighted by Gasteiger charge is -2.04. The molecule has 6 heteroatoms. The van der Waals surface area contributed by atoms with Crippen LogP contribution >= 0.6 is 0 Å². The molecular weight excluding hydrogens is 294 g/mol. The van der Waals surface area contributed by atoms with Gasteiger partial charge in [-0.25, -0.2) is 14.8 Å². The van der Waals surface area contributed by atoms with Gasteiger partial charge in [-0.3, -0.25) is 0 Å². The molecule has 1 aromatic carbocycles. The summed E-state index contributed by atoms with van der Waals surface area (Å²) < 4.78 is 10.2. The zero-order valence-electron chi connectivity index (χ0n) is 12.8. The molecule has 0 saturated carbocycles. The van der Waals surface area contributed by atoms with E-state index in [9.17, 15) is 4.79 Å². The van der Waals surface area contributed by atoms with Gasteiger partial charge in [0.05, 0.1) is 18.7 Å². The Morgan fingerprint density at radius 3 is 2.65 bits per heavy atom. The Bertz CT molecular complexity index is 676. The van der Waals surface area contributed by atoms with Gasteiger partial charge in [-0.2, -0.15) is 0 Å². The zero-order valence-corrected chi connectivity index (χ0v) is 12.8. The Hall–Kier alpha value is -3.07. The van der Waals surface area contributed by atoms with Crippen molar-refractivity contribution in [2.45, 2.75) is 13.5 Å². The predicted octanol–water partition coefficient (Wildman–Crippen LogP) is 2.15. The van der Waals surface area contributed by atoms with Crippen LogP contribution in [0.1, 0.15) is 18.1 Å². The largest absolute Gasteiger partial charge is 0.464 e. The molecule has 6 nitrogen and oxygen atoms in total. The van der Waals surface area contributed by atoms with E-state index in [1.165, 1.54) is 0 Å². The molecule has 23 heavy (non-hydrogen) atoms. The van der Waals surface area contributed by atoms with Gasteiger partial charge in [0.2, 0.25) is 0 Å². The molecule has 0 aliphatic rings. The van der Waals surface area contributed by atoms with Gasteiger partial charge in [0.15, 0.2) is 0 Å². The number of amides is 1. The lowest BCUT2D eigenvalue weighted by molar-refractivity contribution is 0.141. The van der Waals surface area contributed by atoms with Gasteiger partial charge in [-0.05, 0) is 12.5 Å². The third-order valence-electron chi connectivity index (χ3n) is 2.67. The van der Waals surface area contributed by atoms with Gasteiger partial charge >= 0.3 is 12.1 Å². The second kappa shape index (κ2) is 9.05. The summed E-state index contributed by atoms with van der Waals surface area (Å²) in [6.07, 6.45) is 2.63. The summed E-state index contributed by atoms with van der Waals surface area (Å²) in [4.78, 5) is 19.5. The van der Waals surface area contributed by atoms with E-state index in [1.54, 1.807) is 12.4 Å². The van der Waals surface area contributed by atoms with Crippen LogP contribution in [0.2, 0.25) is 0 Å². The first-order valence-electron chi connectivity index (χ1n) is 7.16. The van der Waals surface area contributed by atoms with Gasteiger partial charge in [0.1, 0.15) is 6.61 Å². The highest BCUT2D eigenvalue weighted by Gasteiger charge is 2.00. The molecule has 0 aliphatic carbocycles. The number of aromatic nitrogens is 2. The number of nitrogens with one attached hydrogen (secondary N) is 1. The lowest BCUT2D eigenvalue weighted by atomic mass is 10.2. The van der Waals surface area contributed by atoms with Crippen LogP contribution in [0.5, 0.6) is 6.01 Å². The van der Waals surface area contributed by atoms with Crippen molar-refractivity contribution in [3.63, 3.8) is 0 Å². The highest BCUT2D eigenvalue weighted by Crippen LogP contribution is 2.01. The van der Waals surface area contributed by atoms with E-state index in [2.05, 4.69) is 27.1 Å². The number of alkyl carbamates (subject to hydrolysis) is 1. The molecule has 1 N–H and O–H groups in total. The van der Waals surface area contributed by atoms with Gasteiger partial charge in [0, 0.05) is 12.4 Å². The minimum Gasteiger partial charge on any atom is -0.464 e. The fourth-order valence-corrected chi connectivity index (χ4v) is 1.62. The van der Waals surface area contributed by atoms with Crippen molar-refractivity contribution in [1.82, 2.24) is 15.3 Å². The Morgan fingerprint density at radius 1 is 1.22 bits per heavy atom. The Kier molecular flexibility index (Phi) is 6.42. The van der Waals surface area contributed by atoms with Crippen LogP contribution in [-0.4, -0.2) is 29.2 Å².